The molecule has 4 aliphatic heterocycles. The fraction of sp³-hybridized carbons (Fsp3) is 0.367. The summed E-state index contributed by atoms with van der Waals surface area (Å²) < 4.78 is 21.9. The number of nitrogens with two attached hydrogens (primary N) is 1. The molecule has 5 heterocycles. The number of nitrogens with zero attached hydrogens (tertiary/aromatic N) is 1. The second-order valence-electron chi connectivity index (χ2n) is 20.3. The Morgan fingerprint density at radius 3 is 2.64 bits per heavy atom. The van der Waals surface area contributed by atoms with E-state index in [1.54, 1.807) is 24.3 Å². The lowest BCUT2D eigenvalue weighted by atomic mass is 9.57. The predicted molar refractivity (Wildman–Crippen MR) is 272 cm³/mol. The lowest BCUT2D eigenvalue weighted by Gasteiger charge is -2.49. The number of ether oxygens (including phenoxy) is 3. The average molecular weight is 938 g/mol. The van der Waals surface area contributed by atoms with Gasteiger partial charge in [0.15, 0.2) is 11.5 Å². The summed E-state index contributed by atoms with van der Waals surface area (Å²) in [5.41, 5.74) is 17.3. The molecule has 0 radical (unpaired) electrons. The molecular formula is C60H63N3O7. The van der Waals surface area contributed by atoms with Gasteiger partial charge in [-0.3, -0.25) is 0 Å². The highest BCUT2D eigenvalue weighted by molar-refractivity contribution is 5.88. The zero-order valence-corrected chi connectivity index (χ0v) is 39.7. The van der Waals surface area contributed by atoms with Crippen molar-refractivity contribution in [3.8, 4) is 34.8 Å². The summed E-state index contributed by atoms with van der Waals surface area (Å²) in [6.45, 7) is 1.91. The lowest BCUT2D eigenvalue weighted by molar-refractivity contribution is 0.00498. The van der Waals surface area contributed by atoms with Crippen LogP contribution in [0, 0.1) is 23.7 Å². The largest absolute Gasteiger partial charge is 0.508 e. The summed E-state index contributed by atoms with van der Waals surface area (Å²) in [7, 11) is 0. The van der Waals surface area contributed by atoms with E-state index in [4.69, 9.17) is 19.9 Å². The number of fused-ring (bicyclic) bond motifs is 9. The van der Waals surface area contributed by atoms with Gasteiger partial charge in [-0.15, -0.1) is 0 Å². The molecular weight excluding hydrogens is 875 g/mol. The van der Waals surface area contributed by atoms with Crippen molar-refractivity contribution in [2.45, 2.75) is 107 Å². The van der Waals surface area contributed by atoms with Gasteiger partial charge in [0.2, 0.25) is 0 Å². The number of aryl methyl sites for hydroxylation is 3. The first kappa shape index (κ1) is 45.9. The van der Waals surface area contributed by atoms with E-state index in [2.05, 4.69) is 76.6 Å². The van der Waals surface area contributed by atoms with Crippen LogP contribution in [0.15, 0.2) is 127 Å². The molecule has 0 amide bonds. The van der Waals surface area contributed by atoms with Crippen molar-refractivity contribution < 1.29 is 34.6 Å². The first-order valence-electron chi connectivity index (χ1n) is 25.3. The van der Waals surface area contributed by atoms with Crippen LogP contribution in [0.4, 0.5) is 0 Å². The van der Waals surface area contributed by atoms with Gasteiger partial charge in [0.05, 0.1) is 31.6 Å². The zero-order valence-electron chi connectivity index (χ0n) is 39.7. The number of aliphatic hydroxyl groups excluding tert-OH is 1. The molecule has 5 aliphatic rings. The molecule has 5 aromatic carbocycles. The van der Waals surface area contributed by atoms with Crippen LogP contribution < -0.4 is 15.8 Å². The second-order valence-corrected chi connectivity index (χ2v) is 20.3. The Bertz CT molecular complexity index is 3050. The number of dihydropyridines is 1. The SMILES string of the molecule is NC1C=C2C#C[C@H](CCc3ccc(O)c(Cc4cccc(O)c4)c3)CCC[C@H]3C[C@H](O)CCc4ccc(O)c(c4)OCc4cc([C@@]56CCOC[C@H]5CCc5ccccc56)cc5cn(cc45)C(=C2CO3)N1. The van der Waals surface area contributed by atoms with Gasteiger partial charge in [-0.1, -0.05) is 72.5 Å². The predicted octanol–water partition coefficient (Wildman–Crippen LogP) is 9.70. The molecule has 1 fully saturated rings. The van der Waals surface area contributed by atoms with E-state index in [0.717, 1.165) is 107 Å². The normalized spacial score (nSPS) is 24.7. The van der Waals surface area contributed by atoms with Gasteiger partial charge in [-0.05, 0) is 164 Å². The number of phenolic OH excluding ortho intramolecular Hbond substituents is 3. The number of aromatic hydroxyl groups is 3. The molecule has 6 bridgehead atoms. The van der Waals surface area contributed by atoms with Gasteiger partial charge in [-0.25, -0.2) is 0 Å². The molecule has 1 unspecified atom stereocenters. The average Bonchev–Trinajstić information content (AvgIpc) is 3.79. The van der Waals surface area contributed by atoms with Crippen molar-refractivity contribution >= 4 is 16.6 Å². The fourth-order valence-corrected chi connectivity index (χ4v) is 12.0. The second kappa shape index (κ2) is 19.7. The highest BCUT2D eigenvalue weighted by Gasteiger charge is 2.47. The Morgan fingerprint density at radius 1 is 0.829 bits per heavy atom. The van der Waals surface area contributed by atoms with E-state index >= 15 is 0 Å². The molecule has 1 aliphatic carbocycles. The summed E-state index contributed by atoms with van der Waals surface area (Å²) in [6, 6.07) is 32.2. The van der Waals surface area contributed by atoms with E-state index in [9.17, 15) is 20.4 Å². The molecule has 11 rings (SSSR count). The number of aliphatic hydroxyl groups is 1. The lowest BCUT2D eigenvalue weighted by Crippen LogP contribution is -2.47. The number of phenols is 3. The van der Waals surface area contributed by atoms with Gasteiger partial charge in [0.25, 0.3) is 0 Å². The van der Waals surface area contributed by atoms with E-state index in [0.29, 0.717) is 50.6 Å². The van der Waals surface area contributed by atoms with Crippen LogP contribution in [0.2, 0.25) is 0 Å². The molecule has 7 N–H and O–H groups in total. The van der Waals surface area contributed by atoms with E-state index < -0.39 is 12.3 Å². The minimum atomic E-state index is -0.606. The van der Waals surface area contributed by atoms with Crippen LogP contribution in [0.5, 0.6) is 23.0 Å². The van der Waals surface area contributed by atoms with Crippen molar-refractivity contribution in [3.05, 3.63) is 171 Å². The Kier molecular flexibility index (Phi) is 12.9. The first-order chi connectivity index (χ1) is 34.1. The Labute approximate surface area is 410 Å². The third kappa shape index (κ3) is 9.44. The van der Waals surface area contributed by atoms with Crippen LogP contribution in [0.1, 0.15) is 95.9 Å². The number of benzene rings is 5. The van der Waals surface area contributed by atoms with E-state index in [-0.39, 0.29) is 47.9 Å². The Morgan fingerprint density at radius 2 is 1.73 bits per heavy atom. The number of hydrogen-bond acceptors (Lipinski definition) is 9. The third-order valence-corrected chi connectivity index (χ3v) is 15.7. The number of nitrogens with one attached hydrogen (secondary N) is 1. The van der Waals surface area contributed by atoms with Gasteiger partial charge in [0, 0.05) is 58.7 Å². The zero-order chi connectivity index (χ0) is 47.8. The standard InChI is InChI=1S/C60H63N3O7/c61-58-31-43-17-13-38(11-12-39-15-21-55(66)44(25-39)26-41-6-3-8-49(64)27-41)5-4-9-51-32-50(65)20-14-40-16-22-56(67)57(28-40)70-35-46-30-48(29-45-33-63(34-52(45)46)59(62-58)53(43)37-69-51)60-23-24-68-36-47(60)19-18-42-7-1-2-10-54(42)60/h1-3,6-8,10,15-16,21-22,25,27-31,33-34,38,47,50-51,58,62,64-67H,4-5,9,11-12,14,18-20,23-24,26,32,35-37,61H2/t38-,47+,50+,51-,58?,60+/m0/s1. The molecule has 0 saturated carbocycles. The molecule has 1 aromatic heterocycles. The monoisotopic (exact) mass is 937 g/mol. The van der Waals surface area contributed by atoms with Gasteiger partial charge in [0.1, 0.15) is 23.9 Å². The minimum absolute atomic E-state index is 0.0717. The first-order valence-corrected chi connectivity index (χ1v) is 25.3. The summed E-state index contributed by atoms with van der Waals surface area (Å²) in [4.78, 5) is 0. The molecule has 6 atom stereocenters. The van der Waals surface area contributed by atoms with Crippen LogP contribution in [-0.2, 0) is 47.2 Å². The summed E-state index contributed by atoms with van der Waals surface area (Å²) in [5.74, 6) is 9.47. The van der Waals surface area contributed by atoms with Crippen molar-refractivity contribution in [1.29, 1.82) is 0 Å². The van der Waals surface area contributed by atoms with E-state index in [1.165, 1.54) is 16.7 Å². The highest BCUT2D eigenvalue weighted by atomic mass is 16.5. The van der Waals surface area contributed by atoms with Gasteiger partial charge >= 0.3 is 0 Å². The van der Waals surface area contributed by atoms with Crippen molar-refractivity contribution in [2.24, 2.45) is 17.6 Å². The summed E-state index contributed by atoms with van der Waals surface area (Å²) >= 11 is 0. The van der Waals surface area contributed by atoms with Crippen LogP contribution in [0.25, 0.3) is 16.6 Å². The Hall–Kier alpha value is -6.48. The number of hydrogen-bond donors (Lipinski definition) is 6. The van der Waals surface area contributed by atoms with Gasteiger partial charge < -0.3 is 50.3 Å². The number of rotatable bonds is 6. The Balaban J connectivity index is 0.993. The van der Waals surface area contributed by atoms with Crippen molar-refractivity contribution in [1.82, 2.24) is 9.88 Å². The molecule has 10 heteroatoms. The molecule has 1 saturated heterocycles. The smallest absolute Gasteiger partial charge is 0.161 e. The topological polar surface area (TPSA) is 152 Å². The third-order valence-electron chi connectivity index (χ3n) is 15.7. The minimum Gasteiger partial charge on any atom is -0.508 e. The van der Waals surface area contributed by atoms with Crippen LogP contribution in [-0.4, -0.2) is 63.2 Å². The van der Waals surface area contributed by atoms with E-state index in [1.807, 2.05) is 36.4 Å². The summed E-state index contributed by atoms with van der Waals surface area (Å²) in [5, 5.41) is 49.3. The van der Waals surface area contributed by atoms with Crippen LogP contribution >= 0.6 is 0 Å². The molecule has 0 spiro atoms. The van der Waals surface area contributed by atoms with Crippen LogP contribution in [0.3, 0.4) is 0 Å². The maximum absolute atomic E-state index is 11.6. The molecule has 360 valence electrons. The maximum Gasteiger partial charge on any atom is 0.161 e. The molecule has 70 heavy (non-hydrogen) atoms. The quantitative estimate of drug-likeness (QED) is 0.0898. The highest BCUT2D eigenvalue weighted by Crippen LogP contribution is 2.52. The molecule has 6 aromatic rings. The summed E-state index contributed by atoms with van der Waals surface area (Å²) in [6.07, 6.45) is 14.2. The maximum atomic E-state index is 11.6. The molecule has 10 nitrogen and oxygen atoms in total. The van der Waals surface area contributed by atoms with Crippen molar-refractivity contribution in [3.63, 3.8) is 0 Å². The van der Waals surface area contributed by atoms with Crippen molar-refractivity contribution in [2.75, 3.05) is 19.8 Å². The fourth-order valence-electron chi connectivity index (χ4n) is 12.0. The number of aromatic nitrogens is 1. The van der Waals surface area contributed by atoms with Gasteiger partial charge in [-0.2, -0.15) is 0 Å².